The maximum atomic E-state index is 5.35. The van der Waals surface area contributed by atoms with E-state index in [0.717, 1.165) is 37.4 Å². The van der Waals surface area contributed by atoms with Gasteiger partial charge in [0.2, 0.25) is 0 Å². The molecule has 4 heteroatoms. The highest BCUT2D eigenvalue weighted by atomic mass is 16.5. The smallest absolute Gasteiger partial charge is 0.160 e. The second kappa shape index (κ2) is 6.04. The molecule has 0 unspecified atom stereocenters. The number of aromatic nitrogens is 1. The number of hydrogen-bond acceptors (Lipinski definition) is 3. The van der Waals surface area contributed by atoms with Crippen LogP contribution in [0.4, 0.5) is 0 Å². The summed E-state index contributed by atoms with van der Waals surface area (Å²) in [5.41, 5.74) is 3.68. The number of aryl methyl sites for hydroxylation is 1. The van der Waals surface area contributed by atoms with E-state index in [4.69, 9.17) is 9.47 Å². The van der Waals surface area contributed by atoms with Crippen LogP contribution in [-0.2, 0) is 13.0 Å². The first-order chi connectivity index (χ1) is 10.3. The number of nitrogens with zero attached hydrogens (tertiary/aromatic N) is 2. The fourth-order valence-corrected chi connectivity index (χ4v) is 2.75. The number of aliphatic imine (C=N–C) groups is 1. The molecule has 2 aromatic rings. The topological polar surface area (TPSA) is 35.8 Å². The molecule has 0 atom stereocenters. The first-order valence-electron chi connectivity index (χ1n) is 7.21. The van der Waals surface area contributed by atoms with Gasteiger partial charge < -0.3 is 14.0 Å². The van der Waals surface area contributed by atoms with Crippen molar-refractivity contribution in [1.82, 2.24) is 4.57 Å². The molecule has 0 radical (unpaired) electrons. The Kier molecular flexibility index (Phi) is 3.95. The van der Waals surface area contributed by atoms with E-state index in [2.05, 4.69) is 34.0 Å². The molecule has 0 spiro atoms. The van der Waals surface area contributed by atoms with Crippen LogP contribution < -0.4 is 9.47 Å². The summed E-state index contributed by atoms with van der Waals surface area (Å²) in [7, 11) is 3.32. The second-order valence-corrected chi connectivity index (χ2v) is 5.10. The standard InChI is InChI=1S/C17H20N2O2/c1-20-16-8-6-13(12-17(16)21-2)5-7-14-15-4-3-10-19(15)11-9-18-14/h3-4,6,8,10,12H,5,7,9,11H2,1-2H3. The molecule has 1 aliphatic heterocycles. The Morgan fingerprint density at radius 3 is 2.76 bits per heavy atom. The SMILES string of the molecule is COc1ccc(CCC2=NCCn3cccc32)cc1OC. The molecule has 0 N–H and O–H groups in total. The highest BCUT2D eigenvalue weighted by Gasteiger charge is 2.13. The molecule has 1 aromatic heterocycles. The minimum Gasteiger partial charge on any atom is -0.493 e. The average Bonchev–Trinajstić information content (AvgIpc) is 3.01. The number of rotatable bonds is 5. The summed E-state index contributed by atoms with van der Waals surface area (Å²) in [6, 6.07) is 10.3. The van der Waals surface area contributed by atoms with E-state index in [9.17, 15) is 0 Å². The van der Waals surface area contributed by atoms with E-state index in [1.54, 1.807) is 14.2 Å². The summed E-state index contributed by atoms with van der Waals surface area (Å²) in [6.07, 6.45) is 4.02. The molecule has 4 nitrogen and oxygen atoms in total. The number of benzene rings is 1. The number of hydrogen-bond donors (Lipinski definition) is 0. The predicted octanol–water partition coefficient (Wildman–Crippen LogP) is 2.94. The summed E-state index contributed by atoms with van der Waals surface area (Å²) in [4.78, 5) is 4.67. The molecule has 110 valence electrons. The minimum absolute atomic E-state index is 0.769. The molecule has 3 rings (SSSR count). The van der Waals surface area contributed by atoms with Crippen LogP contribution in [-0.4, -0.2) is 31.0 Å². The lowest BCUT2D eigenvalue weighted by Gasteiger charge is -2.16. The van der Waals surface area contributed by atoms with Gasteiger partial charge in [-0.3, -0.25) is 4.99 Å². The molecule has 0 saturated carbocycles. The summed E-state index contributed by atoms with van der Waals surface area (Å²) in [5, 5.41) is 0. The second-order valence-electron chi connectivity index (χ2n) is 5.10. The molecule has 0 bridgehead atoms. The number of ether oxygens (including phenoxy) is 2. The van der Waals surface area contributed by atoms with Gasteiger partial charge in [-0.2, -0.15) is 0 Å². The minimum atomic E-state index is 0.769. The molecule has 0 amide bonds. The Bertz CT molecular complexity index is 659. The van der Waals surface area contributed by atoms with Crippen LogP contribution in [0.2, 0.25) is 0 Å². The van der Waals surface area contributed by atoms with Gasteiger partial charge in [0.1, 0.15) is 0 Å². The maximum absolute atomic E-state index is 5.35. The Morgan fingerprint density at radius 2 is 1.95 bits per heavy atom. The van der Waals surface area contributed by atoms with Gasteiger partial charge in [0.05, 0.1) is 32.2 Å². The molecule has 1 aromatic carbocycles. The van der Waals surface area contributed by atoms with Gasteiger partial charge in [-0.05, 0) is 42.7 Å². The molecular formula is C17H20N2O2. The van der Waals surface area contributed by atoms with Gasteiger partial charge in [0, 0.05) is 12.7 Å². The van der Waals surface area contributed by atoms with Gasteiger partial charge in [0.25, 0.3) is 0 Å². The Hall–Kier alpha value is -2.23. The van der Waals surface area contributed by atoms with Gasteiger partial charge in [0.15, 0.2) is 11.5 Å². The predicted molar refractivity (Wildman–Crippen MR) is 83.7 cm³/mol. The van der Waals surface area contributed by atoms with E-state index in [1.165, 1.54) is 17.0 Å². The quantitative estimate of drug-likeness (QED) is 0.846. The van der Waals surface area contributed by atoms with Crippen LogP contribution in [0.1, 0.15) is 17.7 Å². The lowest BCUT2D eigenvalue weighted by molar-refractivity contribution is 0.354. The first-order valence-corrected chi connectivity index (χ1v) is 7.21. The highest BCUT2D eigenvalue weighted by molar-refractivity contribution is 5.99. The Morgan fingerprint density at radius 1 is 1.10 bits per heavy atom. The third-order valence-electron chi connectivity index (χ3n) is 3.87. The summed E-state index contributed by atoms with van der Waals surface area (Å²) in [5.74, 6) is 1.55. The van der Waals surface area contributed by atoms with Crippen LogP contribution in [0.25, 0.3) is 0 Å². The lowest BCUT2D eigenvalue weighted by Crippen LogP contribution is -2.18. The third kappa shape index (κ3) is 2.79. The number of methoxy groups -OCH3 is 2. The van der Waals surface area contributed by atoms with E-state index in [1.807, 2.05) is 12.1 Å². The molecular weight excluding hydrogens is 264 g/mol. The van der Waals surface area contributed by atoms with Crippen molar-refractivity contribution in [2.45, 2.75) is 19.4 Å². The van der Waals surface area contributed by atoms with Gasteiger partial charge in [-0.25, -0.2) is 0 Å². The van der Waals surface area contributed by atoms with E-state index < -0.39 is 0 Å². The Balaban J connectivity index is 1.72. The van der Waals surface area contributed by atoms with Crippen molar-refractivity contribution in [3.8, 4) is 11.5 Å². The molecule has 2 heterocycles. The molecule has 1 aliphatic rings. The zero-order valence-corrected chi connectivity index (χ0v) is 12.5. The molecule has 21 heavy (non-hydrogen) atoms. The zero-order valence-electron chi connectivity index (χ0n) is 12.5. The van der Waals surface area contributed by atoms with E-state index in [0.29, 0.717) is 0 Å². The van der Waals surface area contributed by atoms with Crippen molar-refractivity contribution in [1.29, 1.82) is 0 Å². The van der Waals surface area contributed by atoms with Crippen LogP contribution >= 0.6 is 0 Å². The zero-order chi connectivity index (χ0) is 14.7. The number of fused-ring (bicyclic) bond motifs is 1. The molecule has 0 aliphatic carbocycles. The van der Waals surface area contributed by atoms with Gasteiger partial charge >= 0.3 is 0 Å². The van der Waals surface area contributed by atoms with Crippen molar-refractivity contribution in [3.05, 3.63) is 47.8 Å². The van der Waals surface area contributed by atoms with Crippen molar-refractivity contribution >= 4 is 5.71 Å². The lowest BCUT2D eigenvalue weighted by atomic mass is 10.0. The van der Waals surface area contributed by atoms with Crippen molar-refractivity contribution in [2.24, 2.45) is 4.99 Å². The van der Waals surface area contributed by atoms with Crippen molar-refractivity contribution < 1.29 is 9.47 Å². The van der Waals surface area contributed by atoms with Crippen LogP contribution in [0, 0.1) is 0 Å². The average molecular weight is 284 g/mol. The highest BCUT2D eigenvalue weighted by Crippen LogP contribution is 2.28. The van der Waals surface area contributed by atoms with Crippen LogP contribution in [0.3, 0.4) is 0 Å². The van der Waals surface area contributed by atoms with Crippen molar-refractivity contribution in [3.63, 3.8) is 0 Å². The molecule has 0 fully saturated rings. The van der Waals surface area contributed by atoms with Crippen LogP contribution in [0.15, 0.2) is 41.5 Å². The van der Waals surface area contributed by atoms with E-state index >= 15 is 0 Å². The summed E-state index contributed by atoms with van der Waals surface area (Å²) in [6.45, 7) is 1.87. The largest absolute Gasteiger partial charge is 0.493 e. The van der Waals surface area contributed by atoms with Crippen LogP contribution in [0.5, 0.6) is 11.5 Å². The third-order valence-corrected chi connectivity index (χ3v) is 3.87. The normalized spacial score (nSPS) is 13.5. The molecule has 0 saturated heterocycles. The Labute approximate surface area is 125 Å². The fraction of sp³-hybridized carbons (Fsp3) is 0.353. The van der Waals surface area contributed by atoms with Crippen molar-refractivity contribution in [2.75, 3.05) is 20.8 Å². The first kappa shape index (κ1) is 13.7. The monoisotopic (exact) mass is 284 g/mol. The van der Waals surface area contributed by atoms with Gasteiger partial charge in [-0.15, -0.1) is 0 Å². The summed E-state index contributed by atoms with van der Waals surface area (Å²) < 4.78 is 12.9. The van der Waals surface area contributed by atoms with E-state index in [-0.39, 0.29) is 0 Å². The fourth-order valence-electron chi connectivity index (χ4n) is 2.75. The van der Waals surface area contributed by atoms with Gasteiger partial charge in [-0.1, -0.05) is 6.07 Å². The summed E-state index contributed by atoms with van der Waals surface area (Å²) >= 11 is 0. The maximum Gasteiger partial charge on any atom is 0.160 e.